The summed E-state index contributed by atoms with van der Waals surface area (Å²) in [7, 11) is 0. The molecule has 0 bridgehead atoms. The lowest BCUT2D eigenvalue weighted by Gasteiger charge is -2.28. The van der Waals surface area contributed by atoms with Crippen molar-refractivity contribution in [3.63, 3.8) is 0 Å². The van der Waals surface area contributed by atoms with Crippen LogP contribution in [0.5, 0.6) is 5.88 Å². The van der Waals surface area contributed by atoms with E-state index in [0.717, 1.165) is 25.7 Å². The molecule has 0 aromatic carbocycles. The van der Waals surface area contributed by atoms with Gasteiger partial charge in [0.2, 0.25) is 11.8 Å². The van der Waals surface area contributed by atoms with Crippen molar-refractivity contribution in [1.82, 2.24) is 10.3 Å². The van der Waals surface area contributed by atoms with Gasteiger partial charge in [-0.1, -0.05) is 11.6 Å². The van der Waals surface area contributed by atoms with Crippen molar-refractivity contribution in [2.45, 2.75) is 44.8 Å². The van der Waals surface area contributed by atoms with Crippen LogP contribution in [-0.2, 0) is 4.79 Å². The van der Waals surface area contributed by atoms with Gasteiger partial charge >= 0.3 is 0 Å². The number of carbonyl (C=O) groups excluding carboxylic acids is 1. The van der Waals surface area contributed by atoms with E-state index in [4.69, 9.17) is 16.3 Å². The Labute approximate surface area is 112 Å². The normalized spacial score (nSPS) is 23.4. The van der Waals surface area contributed by atoms with Crippen LogP contribution >= 0.6 is 11.6 Å². The van der Waals surface area contributed by atoms with Gasteiger partial charge in [-0.25, -0.2) is 4.98 Å². The molecular formula is C13H17ClN2O2. The quantitative estimate of drug-likeness (QED) is 0.917. The fourth-order valence-corrected chi connectivity index (χ4v) is 2.33. The summed E-state index contributed by atoms with van der Waals surface area (Å²) in [6, 6.07) is 3.84. The van der Waals surface area contributed by atoms with E-state index in [1.807, 2.05) is 0 Å². The summed E-state index contributed by atoms with van der Waals surface area (Å²) in [6.07, 6.45) is 5.56. The Morgan fingerprint density at radius 1 is 1.39 bits per heavy atom. The molecule has 0 aliphatic heterocycles. The SMILES string of the molecule is CC(=O)NC1CCC(Oc2ccc(Cl)cn2)CC1. The summed E-state index contributed by atoms with van der Waals surface area (Å²) in [6.45, 7) is 1.56. The molecule has 0 saturated heterocycles. The monoisotopic (exact) mass is 268 g/mol. The topological polar surface area (TPSA) is 51.2 Å². The highest BCUT2D eigenvalue weighted by Gasteiger charge is 2.22. The van der Waals surface area contributed by atoms with Crippen LogP contribution < -0.4 is 10.1 Å². The first-order chi connectivity index (χ1) is 8.63. The van der Waals surface area contributed by atoms with E-state index in [0.29, 0.717) is 16.9 Å². The average molecular weight is 269 g/mol. The second-order valence-electron chi connectivity index (χ2n) is 4.61. The minimum atomic E-state index is 0.0405. The van der Waals surface area contributed by atoms with E-state index in [9.17, 15) is 4.79 Å². The molecule has 2 rings (SSSR count). The maximum atomic E-state index is 11.0. The number of ether oxygens (including phenoxy) is 1. The van der Waals surface area contributed by atoms with Crippen LogP contribution in [0, 0.1) is 0 Å². The van der Waals surface area contributed by atoms with E-state index in [2.05, 4.69) is 10.3 Å². The number of carbonyl (C=O) groups is 1. The van der Waals surface area contributed by atoms with Crippen molar-refractivity contribution in [2.75, 3.05) is 0 Å². The highest BCUT2D eigenvalue weighted by molar-refractivity contribution is 6.30. The molecule has 5 heteroatoms. The predicted molar refractivity (Wildman–Crippen MR) is 69.7 cm³/mol. The van der Waals surface area contributed by atoms with Gasteiger partial charge in [0.05, 0.1) is 5.02 Å². The summed E-state index contributed by atoms with van der Waals surface area (Å²) < 4.78 is 5.78. The van der Waals surface area contributed by atoms with E-state index in [-0.39, 0.29) is 12.0 Å². The van der Waals surface area contributed by atoms with Gasteiger partial charge in [-0.05, 0) is 31.7 Å². The zero-order valence-electron chi connectivity index (χ0n) is 10.4. The van der Waals surface area contributed by atoms with Gasteiger partial charge in [0.1, 0.15) is 6.10 Å². The first-order valence-corrected chi connectivity index (χ1v) is 6.56. The zero-order valence-corrected chi connectivity index (χ0v) is 11.1. The van der Waals surface area contributed by atoms with Gasteiger partial charge in [0.25, 0.3) is 0 Å². The average Bonchev–Trinajstić information content (AvgIpc) is 2.34. The molecular weight excluding hydrogens is 252 g/mol. The third-order valence-corrected chi connectivity index (χ3v) is 3.29. The van der Waals surface area contributed by atoms with Crippen LogP contribution in [0.2, 0.25) is 5.02 Å². The lowest BCUT2D eigenvalue weighted by atomic mass is 9.93. The number of hydrogen-bond acceptors (Lipinski definition) is 3. The van der Waals surface area contributed by atoms with Gasteiger partial charge in [-0.15, -0.1) is 0 Å². The second kappa shape index (κ2) is 6.05. The Morgan fingerprint density at radius 3 is 2.67 bits per heavy atom. The summed E-state index contributed by atoms with van der Waals surface area (Å²) in [5.41, 5.74) is 0. The number of hydrogen-bond donors (Lipinski definition) is 1. The van der Waals surface area contributed by atoms with Crippen molar-refractivity contribution in [3.05, 3.63) is 23.4 Å². The maximum Gasteiger partial charge on any atom is 0.217 e. The van der Waals surface area contributed by atoms with Crippen LogP contribution in [0.25, 0.3) is 0 Å². The molecule has 4 nitrogen and oxygen atoms in total. The number of aromatic nitrogens is 1. The van der Waals surface area contributed by atoms with Gasteiger partial charge < -0.3 is 10.1 Å². The molecule has 0 atom stereocenters. The molecule has 0 radical (unpaired) electrons. The summed E-state index contributed by atoms with van der Waals surface area (Å²) in [5.74, 6) is 0.654. The summed E-state index contributed by atoms with van der Waals surface area (Å²) >= 11 is 5.76. The lowest BCUT2D eigenvalue weighted by molar-refractivity contribution is -0.120. The standard InChI is InChI=1S/C13H17ClN2O2/c1-9(17)16-11-3-5-12(6-4-11)18-13-7-2-10(14)8-15-13/h2,7-8,11-12H,3-6H2,1H3,(H,16,17). The highest BCUT2D eigenvalue weighted by atomic mass is 35.5. The maximum absolute atomic E-state index is 11.0. The number of rotatable bonds is 3. The molecule has 1 aromatic heterocycles. The van der Waals surface area contributed by atoms with Gasteiger partial charge in [0.15, 0.2) is 0 Å². The number of nitrogens with zero attached hydrogens (tertiary/aromatic N) is 1. The Bertz CT molecular complexity index is 400. The van der Waals surface area contributed by atoms with E-state index in [1.54, 1.807) is 25.3 Å². The molecule has 1 fully saturated rings. The van der Waals surface area contributed by atoms with Crippen molar-refractivity contribution >= 4 is 17.5 Å². The molecule has 1 N–H and O–H groups in total. The molecule has 1 aliphatic rings. The smallest absolute Gasteiger partial charge is 0.217 e. The van der Waals surface area contributed by atoms with Crippen LogP contribution in [0.1, 0.15) is 32.6 Å². The lowest BCUT2D eigenvalue weighted by Crippen LogP contribution is -2.38. The number of amides is 1. The number of nitrogens with one attached hydrogen (secondary N) is 1. The van der Waals surface area contributed by atoms with E-state index in [1.165, 1.54) is 0 Å². The minimum absolute atomic E-state index is 0.0405. The van der Waals surface area contributed by atoms with Crippen LogP contribution in [-0.4, -0.2) is 23.0 Å². The van der Waals surface area contributed by atoms with Gasteiger partial charge in [-0.2, -0.15) is 0 Å². The first-order valence-electron chi connectivity index (χ1n) is 6.19. The fraction of sp³-hybridized carbons (Fsp3) is 0.538. The largest absolute Gasteiger partial charge is 0.474 e. The second-order valence-corrected chi connectivity index (χ2v) is 5.04. The minimum Gasteiger partial charge on any atom is -0.474 e. The van der Waals surface area contributed by atoms with Crippen molar-refractivity contribution < 1.29 is 9.53 Å². The van der Waals surface area contributed by atoms with Crippen molar-refractivity contribution in [1.29, 1.82) is 0 Å². The molecule has 18 heavy (non-hydrogen) atoms. The fourth-order valence-electron chi connectivity index (χ4n) is 2.22. The Hall–Kier alpha value is -1.29. The molecule has 1 amide bonds. The zero-order chi connectivity index (χ0) is 13.0. The van der Waals surface area contributed by atoms with Crippen LogP contribution in [0.3, 0.4) is 0 Å². The van der Waals surface area contributed by atoms with Gasteiger partial charge in [-0.3, -0.25) is 4.79 Å². The third kappa shape index (κ3) is 3.88. The van der Waals surface area contributed by atoms with E-state index < -0.39 is 0 Å². The van der Waals surface area contributed by atoms with Crippen molar-refractivity contribution in [3.8, 4) is 5.88 Å². The molecule has 0 spiro atoms. The molecule has 1 heterocycles. The Morgan fingerprint density at radius 2 is 2.11 bits per heavy atom. The third-order valence-electron chi connectivity index (χ3n) is 3.07. The first kappa shape index (κ1) is 13.1. The van der Waals surface area contributed by atoms with E-state index >= 15 is 0 Å². The van der Waals surface area contributed by atoms with Gasteiger partial charge in [0, 0.05) is 25.2 Å². The van der Waals surface area contributed by atoms with Crippen LogP contribution in [0.4, 0.5) is 0 Å². The Balaban J connectivity index is 1.79. The molecule has 1 aromatic rings. The predicted octanol–water partition coefficient (Wildman–Crippen LogP) is 2.56. The van der Waals surface area contributed by atoms with Crippen molar-refractivity contribution in [2.24, 2.45) is 0 Å². The van der Waals surface area contributed by atoms with Crippen LogP contribution in [0.15, 0.2) is 18.3 Å². The number of halogens is 1. The molecule has 0 unspecified atom stereocenters. The summed E-state index contributed by atoms with van der Waals surface area (Å²) in [4.78, 5) is 15.1. The Kier molecular flexibility index (Phi) is 4.42. The highest BCUT2D eigenvalue weighted by Crippen LogP contribution is 2.23. The number of pyridine rings is 1. The molecule has 1 saturated carbocycles. The molecule has 1 aliphatic carbocycles. The molecule has 98 valence electrons. The summed E-state index contributed by atoms with van der Waals surface area (Å²) in [5, 5.41) is 3.55.